The summed E-state index contributed by atoms with van der Waals surface area (Å²) in [4.78, 5) is 4.46. The van der Waals surface area contributed by atoms with E-state index in [-0.39, 0.29) is 0 Å². The number of aryl methyl sites for hydroxylation is 1. The minimum Gasteiger partial charge on any atom is -0.369 e. The lowest BCUT2D eigenvalue weighted by atomic mass is 9.90. The molecule has 0 amide bonds. The molecule has 1 aliphatic carbocycles. The summed E-state index contributed by atoms with van der Waals surface area (Å²) in [7, 11) is 0. The van der Waals surface area contributed by atoms with Gasteiger partial charge in [0.1, 0.15) is 0 Å². The molecule has 2 aromatic carbocycles. The van der Waals surface area contributed by atoms with Crippen LogP contribution in [-0.2, 0) is 12.8 Å². The average Bonchev–Trinajstić information content (AvgIpc) is 2.81. The minimum atomic E-state index is 0.520. The first-order valence-electron chi connectivity index (χ1n) is 7.28. The van der Waals surface area contributed by atoms with E-state index in [2.05, 4.69) is 27.8 Å². The molecule has 1 heterocycles. The highest BCUT2D eigenvalue weighted by molar-refractivity contribution is 6.31. The van der Waals surface area contributed by atoms with Gasteiger partial charge < -0.3 is 5.73 Å². The van der Waals surface area contributed by atoms with Gasteiger partial charge in [-0.2, -0.15) is 0 Å². The van der Waals surface area contributed by atoms with Crippen molar-refractivity contribution < 1.29 is 0 Å². The number of hydrogen-bond acceptors (Lipinski definition) is 2. The van der Waals surface area contributed by atoms with Crippen molar-refractivity contribution in [3.05, 3.63) is 52.5 Å². The summed E-state index contributed by atoms with van der Waals surface area (Å²) < 4.78 is 2.05. The molecule has 0 radical (unpaired) electrons. The number of anilines is 1. The van der Waals surface area contributed by atoms with E-state index in [1.54, 1.807) is 0 Å². The zero-order valence-corrected chi connectivity index (χ0v) is 12.4. The summed E-state index contributed by atoms with van der Waals surface area (Å²) in [5.41, 5.74) is 12.0. The van der Waals surface area contributed by atoms with Gasteiger partial charge in [0.05, 0.1) is 16.7 Å². The van der Waals surface area contributed by atoms with E-state index in [1.807, 2.05) is 18.2 Å². The molecule has 0 atom stereocenters. The lowest BCUT2D eigenvalue weighted by Gasteiger charge is -2.20. The Hall–Kier alpha value is -2.00. The van der Waals surface area contributed by atoms with Crippen LogP contribution in [-0.4, -0.2) is 9.55 Å². The standard InChI is InChI=1S/C17H16ClN3/c18-12-8-9-16-14(10-12)20-17(19)21(16)15-7-3-5-11-4-1-2-6-13(11)15/h3,5,7-10H,1-2,4,6H2,(H2,19,20). The van der Waals surface area contributed by atoms with Crippen LogP contribution in [0.3, 0.4) is 0 Å². The normalized spacial score (nSPS) is 14.3. The Balaban J connectivity index is 2.01. The second-order valence-electron chi connectivity index (χ2n) is 5.56. The molecule has 3 nitrogen and oxygen atoms in total. The summed E-state index contributed by atoms with van der Waals surface area (Å²) in [6.45, 7) is 0. The van der Waals surface area contributed by atoms with Gasteiger partial charge in [-0.25, -0.2) is 4.98 Å². The quantitative estimate of drug-likeness (QED) is 0.733. The number of rotatable bonds is 1. The monoisotopic (exact) mass is 297 g/mol. The highest BCUT2D eigenvalue weighted by atomic mass is 35.5. The van der Waals surface area contributed by atoms with E-state index in [0.717, 1.165) is 29.6 Å². The minimum absolute atomic E-state index is 0.520. The van der Waals surface area contributed by atoms with Gasteiger partial charge in [0.2, 0.25) is 5.95 Å². The molecule has 0 aliphatic heterocycles. The van der Waals surface area contributed by atoms with Crippen LogP contribution in [0.25, 0.3) is 16.7 Å². The number of nitrogen functional groups attached to an aromatic ring is 1. The van der Waals surface area contributed by atoms with Gasteiger partial charge in [-0.1, -0.05) is 23.7 Å². The first-order chi connectivity index (χ1) is 10.2. The van der Waals surface area contributed by atoms with Crippen molar-refractivity contribution in [3.8, 4) is 5.69 Å². The molecular weight excluding hydrogens is 282 g/mol. The van der Waals surface area contributed by atoms with Crippen molar-refractivity contribution in [1.29, 1.82) is 0 Å². The second-order valence-corrected chi connectivity index (χ2v) is 6.00. The Morgan fingerprint density at radius 1 is 1.10 bits per heavy atom. The van der Waals surface area contributed by atoms with Crippen molar-refractivity contribution in [1.82, 2.24) is 9.55 Å². The van der Waals surface area contributed by atoms with E-state index in [4.69, 9.17) is 17.3 Å². The van der Waals surface area contributed by atoms with E-state index in [1.165, 1.54) is 24.0 Å². The summed E-state index contributed by atoms with van der Waals surface area (Å²) in [5, 5.41) is 0.683. The third-order valence-electron chi connectivity index (χ3n) is 4.25. The summed E-state index contributed by atoms with van der Waals surface area (Å²) in [6.07, 6.45) is 4.77. The van der Waals surface area contributed by atoms with Crippen LogP contribution in [0, 0.1) is 0 Å². The van der Waals surface area contributed by atoms with Crippen molar-refractivity contribution >= 4 is 28.6 Å². The molecule has 0 fully saturated rings. The average molecular weight is 298 g/mol. The molecule has 4 heteroatoms. The third kappa shape index (κ3) is 2.00. The Kier molecular flexibility index (Phi) is 2.89. The molecule has 0 bridgehead atoms. The van der Waals surface area contributed by atoms with Crippen LogP contribution in [0.4, 0.5) is 5.95 Å². The Labute approximate surface area is 128 Å². The largest absolute Gasteiger partial charge is 0.369 e. The van der Waals surface area contributed by atoms with Crippen LogP contribution < -0.4 is 5.73 Å². The topological polar surface area (TPSA) is 43.8 Å². The first kappa shape index (κ1) is 12.7. The number of imidazole rings is 1. The van der Waals surface area contributed by atoms with E-state index in [0.29, 0.717) is 11.0 Å². The number of halogens is 1. The van der Waals surface area contributed by atoms with E-state index in [9.17, 15) is 0 Å². The molecule has 21 heavy (non-hydrogen) atoms. The van der Waals surface area contributed by atoms with Crippen molar-refractivity contribution in [3.63, 3.8) is 0 Å². The fourth-order valence-electron chi connectivity index (χ4n) is 3.30. The Bertz CT molecular complexity index is 835. The lowest BCUT2D eigenvalue weighted by Crippen LogP contribution is -2.09. The maximum absolute atomic E-state index is 6.18. The molecule has 4 rings (SSSR count). The zero-order valence-electron chi connectivity index (χ0n) is 11.6. The Morgan fingerprint density at radius 3 is 2.86 bits per heavy atom. The lowest BCUT2D eigenvalue weighted by molar-refractivity contribution is 0.682. The highest BCUT2D eigenvalue weighted by Gasteiger charge is 2.17. The van der Waals surface area contributed by atoms with Gasteiger partial charge in [0.25, 0.3) is 0 Å². The van der Waals surface area contributed by atoms with Gasteiger partial charge in [0, 0.05) is 5.02 Å². The SMILES string of the molecule is Nc1nc2cc(Cl)ccc2n1-c1cccc2c1CCCC2. The first-order valence-corrected chi connectivity index (χ1v) is 7.66. The fourth-order valence-corrected chi connectivity index (χ4v) is 3.46. The van der Waals surface area contributed by atoms with Gasteiger partial charge in [0.15, 0.2) is 0 Å². The zero-order chi connectivity index (χ0) is 14.4. The maximum Gasteiger partial charge on any atom is 0.205 e. The van der Waals surface area contributed by atoms with E-state index >= 15 is 0 Å². The number of nitrogens with two attached hydrogens (primary N) is 1. The molecule has 1 aromatic heterocycles. The number of aromatic nitrogens is 2. The van der Waals surface area contributed by atoms with Crippen LogP contribution >= 0.6 is 11.6 Å². The molecule has 106 valence electrons. The van der Waals surface area contributed by atoms with Crippen LogP contribution in [0.1, 0.15) is 24.0 Å². The van der Waals surface area contributed by atoms with Gasteiger partial charge in [-0.15, -0.1) is 0 Å². The van der Waals surface area contributed by atoms with Gasteiger partial charge >= 0.3 is 0 Å². The Morgan fingerprint density at radius 2 is 1.95 bits per heavy atom. The number of benzene rings is 2. The fraction of sp³-hybridized carbons (Fsp3) is 0.235. The number of fused-ring (bicyclic) bond motifs is 2. The number of hydrogen-bond donors (Lipinski definition) is 1. The molecule has 0 saturated heterocycles. The predicted molar refractivity (Wildman–Crippen MR) is 87.1 cm³/mol. The molecular formula is C17H16ClN3. The van der Waals surface area contributed by atoms with Gasteiger partial charge in [-0.05, 0) is 61.1 Å². The molecule has 3 aromatic rings. The molecule has 1 aliphatic rings. The predicted octanol–water partition coefficient (Wildman–Crippen LogP) is 4.14. The third-order valence-corrected chi connectivity index (χ3v) is 4.49. The highest BCUT2D eigenvalue weighted by Crippen LogP contribution is 2.31. The van der Waals surface area contributed by atoms with Crippen LogP contribution in [0.2, 0.25) is 5.02 Å². The van der Waals surface area contributed by atoms with Gasteiger partial charge in [-0.3, -0.25) is 4.57 Å². The summed E-state index contributed by atoms with van der Waals surface area (Å²) >= 11 is 6.05. The van der Waals surface area contributed by atoms with Crippen molar-refractivity contribution in [2.24, 2.45) is 0 Å². The van der Waals surface area contributed by atoms with Crippen LogP contribution in [0.15, 0.2) is 36.4 Å². The molecule has 0 unspecified atom stereocenters. The van der Waals surface area contributed by atoms with Crippen LogP contribution in [0.5, 0.6) is 0 Å². The molecule has 0 spiro atoms. The summed E-state index contributed by atoms with van der Waals surface area (Å²) in [5.74, 6) is 0.520. The van der Waals surface area contributed by atoms with E-state index < -0.39 is 0 Å². The second kappa shape index (κ2) is 4.78. The number of nitrogens with zero attached hydrogens (tertiary/aromatic N) is 2. The molecule has 0 saturated carbocycles. The summed E-state index contributed by atoms with van der Waals surface area (Å²) in [6, 6.07) is 12.2. The smallest absolute Gasteiger partial charge is 0.205 e. The van der Waals surface area contributed by atoms with Crippen molar-refractivity contribution in [2.45, 2.75) is 25.7 Å². The molecule has 2 N–H and O–H groups in total. The van der Waals surface area contributed by atoms with Crippen molar-refractivity contribution in [2.75, 3.05) is 5.73 Å². The maximum atomic E-state index is 6.18.